The molecule has 6 aromatic carbocycles. The molecule has 7 rings (SSSR count). The van der Waals surface area contributed by atoms with Gasteiger partial charge in [0.2, 0.25) is 0 Å². The van der Waals surface area contributed by atoms with Crippen LogP contribution in [0.3, 0.4) is 0 Å². The SMILES string of the molecule is CCSC(OC)C(OCc1ccccc1)C(OCc1ccccc1)C(OCc1ccccc1)C(C)COC1OC(COSP(I)I)C(OCc2ccccc2)C(OCc2ccccc2)C1OCc1ccccc1. The first kappa shape index (κ1) is 58.2. The summed E-state index contributed by atoms with van der Waals surface area (Å²) in [5.74, 6) is 0.509. The van der Waals surface area contributed by atoms with E-state index < -0.39 is 51.4 Å². The van der Waals surface area contributed by atoms with Gasteiger partial charge in [-0.2, -0.15) is 0 Å². The van der Waals surface area contributed by atoms with Crippen LogP contribution in [-0.2, 0) is 86.5 Å². The van der Waals surface area contributed by atoms with Gasteiger partial charge in [0.05, 0.1) is 59.0 Å². The van der Waals surface area contributed by atoms with Crippen LogP contribution < -0.4 is 0 Å². The molecule has 0 aromatic heterocycles. The highest BCUT2D eigenvalue weighted by Gasteiger charge is 2.50. The molecule has 15 heteroatoms. The average molecular weight is 1270 g/mol. The molecule has 10 nitrogen and oxygen atoms in total. The van der Waals surface area contributed by atoms with Gasteiger partial charge in [0, 0.05) is 24.7 Å². The highest BCUT2D eigenvalue weighted by atomic mass is 127. The van der Waals surface area contributed by atoms with E-state index in [9.17, 15) is 0 Å². The molecule has 1 aliphatic heterocycles. The molecule has 0 spiro atoms. The minimum absolute atomic E-state index is 0.195. The summed E-state index contributed by atoms with van der Waals surface area (Å²) in [4.78, 5) is 0. The number of hydrogen-bond acceptors (Lipinski definition) is 12. The summed E-state index contributed by atoms with van der Waals surface area (Å²) in [6.07, 6.45) is -5.23. The fourth-order valence-corrected chi connectivity index (χ4v) is 12.2. The maximum Gasteiger partial charge on any atom is 0.186 e. The first-order chi connectivity index (χ1) is 35.9. The van der Waals surface area contributed by atoms with E-state index in [4.69, 9.17) is 46.8 Å². The lowest BCUT2D eigenvalue weighted by Gasteiger charge is -2.46. The van der Waals surface area contributed by atoms with Crippen molar-refractivity contribution in [3.8, 4) is 0 Å². The van der Waals surface area contributed by atoms with Crippen molar-refractivity contribution in [2.75, 3.05) is 26.1 Å². The van der Waals surface area contributed by atoms with E-state index in [1.165, 1.54) is 11.7 Å². The number of rotatable bonds is 32. The third-order valence-corrected chi connectivity index (χ3v) is 17.2. The Balaban J connectivity index is 1.25. The van der Waals surface area contributed by atoms with E-state index in [1.807, 2.05) is 109 Å². The number of thioether (sulfide) groups is 1. The fraction of sp³-hybridized carbons (Fsp3) is 0.379. The molecule has 6 aromatic rings. The van der Waals surface area contributed by atoms with Crippen molar-refractivity contribution in [3.05, 3.63) is 215 Å². The highest BCUT2D eigenvalue weighted by Crippen LogP contribution is 2.65. The van der Waals surface area contributed by atoms with Crippen molar-refractivity contribution in [2.24, 2.45) is 5.92 Å². The Morgan fingerprint density at radius 2 is 0.877 bits per heavy atom. The normalized spacial score (nSPS) is 20.1. The molecule has 1 fully saturated rings. The fourth-order valence-electron chi connectivity index (χ4n) is 8.54. The van der Waals surface area contributed by atoms with Gasteiger partial charge >= 0.3 is 0 Å². The van der Waals surface area contributed by atoms with Crippen LogP contribution in [0.1, 0.15) is 47.2 Å². The van der Waals surface area contributed by atoms with Crippen LogP contribution in [0.4, 0.5) is 0 Å². The lowest BCUT2D eigenvalue weighted by atomic mass is 9.95. The molecule has 0 radical (unpaired) electrons. The second kappa shape index (κ2) is 32.9. The standard InChI is InChI=1S/C58H67I2O10PS2/c1-4-72-58(61-3)56(67-41-49-33-21-10-22-34-49)53(64-38-46-27-15-7-16-28-46)51(62-36-44-23-11-5-12-24-44)43(2)35-68-57-55(66-40-48-31-19-9-20-32-48)54(65-39-47-29-17-8-18-30-47)52(50(70-57)42-69-73-71(59)60)63-37-45-25-13-6-14-26-45/h5-34,43,50-58H,4,35-42H2,1-3H3. The number of ether oxygens (including phenoxy) is 9. The van der Waals surface area contributed by atoms with Crippen LogP contribution in [0.15, 0.2) is 182 Å². The number of hydrogen-bond donors (Lipinski definition) is 0. The zero-order chi connectivity index (χ0) is 50.9. The van der Waals surface area contributed by atoms with Gasteiger partial charge in [0.25, 0.3) is 0 Å². The summed E-state index contributed by atoms with van der Waals surface area (Å²) in [6.45, 7) is 6.63. The molecule has 73 heavy (non-hydrogen) atoms. The first-order valence-corrected chi connectivity index (χ1v) is 33.9. The Kier molecular flexibility index (Phi) is 26.3. The maximum absolute atomic E-state index is 7.13. The number of halogens is 2. The van der Waals surface area contributed by atoms with Crippen molar-refractivity contribution in [2.45, 2.75) is 108 Å². The summed E-state index contributed by atoms with van der Waals surface area (Å²) in [5.41, 5.74) is 5.77. The Hall–Kier alpha value is -2.49. The van der Waals surface area contributed by atoms with Crippen LogP contribution in [0.25, 0.3) is 0 Å². The Bertz CT molecular complexity index is 2360. The van der Waals surface area contributed by atoms with Crippen molar-refractivity contribution in [3.63, 3.8) is 0 Å². The van der Waals surface area contributed by atoms with E-state index in [0.717, 1.165) is 39.1 Å². The molecular formula is C58H67I2O10PS2. The third kappa shape index (κ3) is 19.5. The van der Waals surface area contributed by atoms with E-state index in [2.05, 4.69) is 131 Å². The average Bonchev–Trinajstić information content (AvgIpc) is 3.43. The van der Waals surface area contributed by atoms with Crippen molar-refractivity contribution < 1.29 is 46.8 Å². The second-order valence-electron chi connectivity index (χ2n) is 17.5. The Morgan fingerprint density at radius 1 is 0.493 bits per heavy atom. The number of benzene rings is 6. The minimum Gasteiger partial charge on any atom is -0.370 e. The van der Waals surface area contributed by atoms with Crippen molar-refractivity contribution in [1.29, 1.82) is 0 Å². The van der Waals surface area contributed by atoms with Gasteiger partial charge in [-0.15, -0.1) is 11.8 Å². The third-order valence-electron chi connectivity index (χ3n) is 12.2. The van der Waals surface area contributed by atoms with Gasteiger partial charge in [0.15, 0.2) is 6.29 Å². The van der Waals surface area contributed by atoms with E-state index in [-0.39, 0.29) is 31.2 Å². The van der Waals surface area contributed by atoms with Crippen LogP contribution >= 0.6 is 69.9 Å². The van der Waals surface area contributed by atoms with Gasteiger partial charge in [-0.3, -0.25) is 0 Å². The smallest absolute Gasteiger partial charge is 0.186 e. The van der Waals surface area contributed by atoms with E-state index in [0.29, 0.717) is 33.0 Å². The molecule has 0 N–H and O–H groups in total. The second-order valence-corrected chi connectivity index (χ2v) is 36.5. The predicted molar refractivity (Wildman–Crippen MR) is 311 cm³/mol. The summed E-state index contributed by atoms with van der Waals surface area (Å²) < 4.78 is 68.5. The molecule has 10 atom stereocenters. The summed E-state index contributed by atoms with van der Waals surface area (Å²) in [7, 11) is 1.73. The molecule has 390 valence electrons. The van der Waals surface area contributed by atoms with Crippen LogP contribution in [0.5, 0.6) is 0 Å². The molecule has 1 heterocycles. The number of methoxy groups -OCH3 is 1. The monoisotopic (exact) mass is 1270 g/mol. The molecule has 1 saturated heterocycles. The summed E-state index contributed by atoms with van der Waals surface area (Å²) in [6, 6.07) is 61.0. The topological polar surface area (TPSA) is 92.3 Å². The van der Waals surface area contributed by atoms with Gasteiger partial charge in [-0.1, -0.05) is 196 Å². The van der Waals surface area contributed by atoms with Gasteiger partial charge in [-0.25, -0.2) is 0 Å². The maximum atomic E-state index is 7.13. The lowest BCUT2D eigenvalue weighted by molar-refractivity contribution is -0.328. The zero-order valence-electron chi connectivity index (χ0n) is 41.6. The van der Waals surface area contributed by atoms with Gasteiger partial charge in [-0.05, 0) is 83.2 Å². The van der Waals surface area contributed by atoms with Crippen LogP contribution in [0, 0.1) is 5.92 Å². The quantitative estimate of drug-likeness (QED) is 0.0174. The summed E-state index contributed by atoms with van der Waals surface area (Å²) in [5, 5.41) is 0. The molecule has 0 saturated carbocycles. The highest BCUT2D eigenvalue weighted by molar-refractivity contribution is 14.3. The minimum atomic E-state index is -0.909. The molecule has 0 amide bonds. The van der Waals surface area contributed by atoms with E-state index >= 15 is 0 Å². The van der Waals surface area contributed by atoms with Crippen LogP contribution in [0.2, 0.25) is 0 Å². The van der Waals surface area contributed by atoms with Crippen molar-refractivity contribution >= 4 is 69.9 Å². The molecular weight excluding hydrogens is 1210 g/mol. The van der Waals surface area contributed by atoms with Crippen LogP contribution in [-0.4, -0.2) is 80.5 Å². The molecule has 0 bridgehead atoms. The van der Waals surface area contributed by atoms with E-state index in [1.54, 1.807) is 18.9 Å². The van der Waals surface area contributed by atoms with Gasteiger partial charge in [0.1, 0.15) is 44.5 Å². The zero-order valence-corrected chi connectivity index (χ0v) is 48.4. The predicted octanol–water partition coefficient (Wildman–Crippen LogP) is 14.4. The molecule has 0 aliphatic carbocycles. The van der Waals surface area contributed by atoms with Gasteiger partial charge < -0.3 is 46.8 Å². The molecule has 1 aliphatic rings. The van der Waals surface area contributed by atoms with Crippen molar-refractivity contribution in [1.82, 2.24) is 0 Å². The first-order valence-electron chi connectivity index (χ1n) is 24.6. The lowest BCUT2D eigenvalue weighted by Crippen LogP contribution is -2.62. The summed E-state index contributed by atoms with van der Waals surface area (Å²) >= 11 is 7.91. The Labute approximate surface area is 468 Å². The largest absolute Gasteiger partial charge is 0.370 e. The molecule has 10 unspecified atom stereocenters. The Morgan fingerprint density at radius 3 is 1.29 bits per heavy atom.